The number of carbonyl (C=O) groups is 2. The molecule has 0 rings (SSSR count). The molecule has 0 saturated carbocycles. The molecule has 0 heterocycles. The highest BCUT2D eigenvalue weighted by atomic mass is 16.5. The second-order valence-corrected chi connectivity index (χ2v) is 5.45. The van der Waals surface area contributed by atoms with Crippen molar-refractivity contribution in [1.82, 2.24) is 5.32 Å². The molecule has 0 aromatic rings. The van der Waals surface area contributed by atoms with Crippen LogP contribution in [0.25, 0.3) is 0 Å². The average molecular weight is 290 g/mol. The Hall–Kier alpha value is -1.18. The van der Waals surface area contributed by atoms with Gasteiger partial charge in [0.1, 0.15) is 13.2 Å². The first-order chi connectivity index (χ1) is 9.20. The Morgan fingerprint density at radius 1 is 1.35 bits per heavy atom. The zero-order valence-corrected chi connectivity index (χ0v) is 12.5. The fourth-order valence-corrected chi connectivity index (χ4v) is 1.30. The van der Waals surface area contributed by atoms with Crippen molar-refractivity contribution in [3.63, 3.8) is 0 Å². The smallest absolute Gasteiger partial charge is 0.329 e. The van der Waals surface area contributed by atoms with E-state index in [9.17, 15) is 9.59 Å². The van der Waals surface area contributed by atoms with E-state index >= 15 is 0 Å². The minimum Gasteiger partial charge on any atom is -0.480 e. The summed E-state index contributed by atoms with van der Waals surface area (Å²) in [5.74, 6) is -1.43. The van der Waals surface area contributed by atoms with E-state index in [2.05, 4.69) is 10.1 Å². The maximum absolute atomic E-state index is 11.3. The number of ether oxygens (including phenoxy) is 2. The molecule has 7 nitrogen and oxygen atoms in total. The number of nitrogens with one attached hydrogen (secondary N) is 1. The number of carboxylic acid groups (broad SMARTS) is 1. The van der Waals surface area contributed by atoms with Crippen LogP contribution in [0, 0.1) is 0 Å². The van der Waals surface area contributed by atoms with Gasteiger partial charge in [-0.25, -0.2) is 4.79 Å². The molecule has 0 aromatic carbocycles. The Balaban J connectivity index is 3.53. The van der Waals surface area contributed by atoms with Crippen molar-refractivity contribution in [3.05, 3.63) is 0 Å². The van der Waals surface area contributed by atoms with E-state index in [1.165, 1.54) is 0 Å². The Kier molecular flexibility index (Phi) is 9.11. The van der Waals surface area contributed by atoms with Gasteiger partial charge < -0.3 is 25.6 Å². The Bertz CT molecular complexity index is 302. The summed E-state index contributed by atoms with van der Waals surface area (Å²) in [5.41, 5.74) is 5.60. The van der Waals surface area contributed by atoms with Gasteiger partial charge in [0.05, 0.1) is 6.10 Å². The number of amides is 1. The number of rotatable bonds is 11. The van der Waals surface area contributed by atoms with Crippen molar-refractivity contribution in [2.75, 3.05) is 26.4 Å². The van der Waals surface area contributed by atoms with Crippen LogP contribution in [0.2, 0.25) is 0 Å². The predicted octanol–water partition coefficient (Wildman–Crippen LogP) is 0.126. The van der Waals surface area contributed by atoms with Crippen LogP contribution in [-0.2, 0) is 19.1 Å². The van der Waals surface area contributed by atoms with Crippen LogP contribution in [0.1, 0.15) is 33.6 Å². The van der Waals surface area contributed by atoms with Crippen LogP contribution < -0.4 is 11.1 Å². The van der Waals surface area contributed by atoms with Crippen molar-refractivity contribution in [2.45, 2.75) is 45.3 Å². The molecule has 118 valence electrons. The maximum atomic E-state index is 11.3. The number of hydrogen-bond acceptors (Lipinski definition) is 5. The van der Waals surface area contributed by atoms with Gasteiger partial charge in [0.2, 0.25) is 5.91 Å². The molecule has 4 N–H and O–H groups in total. The summed E-state index contributed by atoms with van der Waals surface area (Å²) < 4.78 is 10.2. The average Bonchev–Trinajstić information content (AvgIpc) is 2.26. The number of nitrogens with two attached hydrogens (primary N) is 1. The molecule has 0 spiro atoms. The molecule has 7 heteroatoms. The predicted molar refractivity (Wildman–Crippen MR) is 74.4 cm³/mol. The third-order valence-corrected chi connectivity index (χ3v) is 2.48. The van der Waals surface area contributed by atoms with Crippen molar-refractivity contribution < 1.29 is 24.2 Å². The van der Waals surface area contributed by atoms with E-state index in [-0.39, 0.29) is 24.2 Å². The Morgan fingerprint density at radius 2 is 2.00 bits per heavy atom. The largest absolute Gasteiger partial charge is 0.480 e. The first kappa shape index (κ1) is 18.8. The Morgan fingerprint density at radius 3 is 2.55 bits per heavy atom. The van der Waals surface area contributed by atoms with Gasteiger partial charge in [0.15, 0.2) is 0 Å². The van der Waals surface area contributed by atoms with Crippen LogP contribution in [0.3, 0.4) is 0 Å². The second kappa shape index (κ2) is 9.68. The van der Waals surface area contributed by atoms with Crippen molar-refractivity contribution in [2.24, 2.45) is 5.73 Å². The SMILES string of the molecule is CC(CCNC(=O)COCC(=O)O)OCCC(C)(C)N. The molecule has 1 unspecified atom stereocenters. The van der Waals surface area contributed by atoms with Gasteiger partial charge in [-0.1, -0.05) is 0 Å². The standard InChI is InChI=1S/C13H26N2O5/c1-10(20-7-5-13(2,3)14)4-6-15-11(16)8-19-9-12(17)18/h10H,4-9,14H2,1-3H3,(H,15,16)(H,17,18). The highest BCUT2D eigenvalue weighted by Crippen LogP contribution is 2.05. The van der Waals surface area contributed by atoms with E-state index in [1.54, 1.807) is 0 Å². The lowest BCUT2D eigenvalue weighted by Gasteiger charge is -2.20. The molecule has 0 saturated heterocycles. The molecule has 0 aromatic heterocycles. The number of carboxylic acids is 1. The summed E-state index contributed by atoms with van der Waals surface area (Å²) in [4.78, 5) is 21.4. The molecule has 1 atom stereocenters. The third kappa shape index (κ3) is 13.3. The van der Waals surface area contributed by atoms with E-state index < -0.39 is 12.6 Å². The lowest BCUT2D eigenvalue weighted by molar-refractivity contribution is -0.143. The lowest BCUT2D eigenvalue weighted by Crippen LogP contribution is -2.34. The normalized spacial score (nSPS) is 13.0. The monoisotopic (exact) mass is 290 g/mol. The summed E-state index contributed by atoms with van der Waals surface area (Å²) >= 11 is 0. The van der Waals surface area contributed by atoms with Gasteiger partial charge in [-0.2, -0.15) is 0 Å². The van der Waals surface area contributed by atoms with Crippen molar-refractivity contribution >= 4 is 11.9 Å². The highest BCUT2D eigenvalue weighted by molar-refractivity contribution is 5.77. The molecule has 0 aliphatic carbocycles. The quantitative estimate of drug-likeness (QED) is 0.498. The van der Waals surface area contributed by atoms with Crippen LogP contribution in [0.4, 0.5) is 0 Å². The van der Waals surface area contributed by atoms with Gasteiger partial charge in [0.25, 0.3) is 0 Å². The van der Waals surface area contributed by atoms with Gasteiger partial charge in [-0.3, -0.25) is 4.79 Å². The molecule has 0 fully saturated rings. The summed E-state index contributed by atoms with van der Waals surface area (Å²) in [6.45, 7) is 6.14. The fourth-order valence-electron chi connectivity index (χ4n) is 1.30. The first-order valence-corrected chi connectivity index (χ1v) is 6.67. The number of carbonyl (C=O) groups excluding carboxylic acids is 1. The molecular weight excluding hydrogens is 264 g/mol. The van der Waals surface area contributed by atoms with Gasteiger partial charge in [-0.15, -0.1) is 0 Å². The molecule has 0 aliphatic heterocycles. The zero-order valence-electron chi connectivity index (χ0n) is 12.5. The molecular formula is C13H26N2O5. The third-order valence-electron chi connectivity index (χ3n) is 2.48. The molecule has 0 aliphatic rings. The second-order valence-electron chi connectivity index (χ2n) is 5.45. The molecule has 1 amide bonds. The van der Waals surface area contributed by atoms with Gasteiger partial charge in [0, 0.05) is 18.7 Å². The molecule has 0 bridgehead atoms. The van der Waals surface area contributed by atoms with E-state index in [1.807, 2.05) is 20.8 Å². The minimum atomic E-state index is -1.09. The Labute approximate surface area is 119 Å². The van der Waals surface area contributed by atoms with E-state index in [4.69, 9.17) is 15.6 Å². The molecule has 0 radical (unpaired) electrons. The number of aliphatic carboxylic acids is 1. The summed E-state index contributed by atoms with van der Waals surface area (Å²) in [5, 5.41) is 11.0. The lowest BCUT2D eigenvalue weighted by atomic mass is 10.0. The van der Waals surface area contributed by atoms with Gasteiger partial charge in [-0.05, 0) is 33.6 Å². The number of hydrogen-bond donors (Lipinski definition) is 3. The zero-order chi connectivity index (χ0) is 15.6. The van der Waals surface area contributed by atoms with Crippen LogP contribution in [0.5, 0.6) is 0 Å². The van der Waals surface area contributed by atoms with E-state index in [0.717, 1.165) is 6.42 Å². The minimum absolute atomic E-state index is 0.0255. The van der Waals surface area contributed by atoms with Crippen molar-refractivity contribution in [3.8, 4) is 0 Å². The highest BCUT2D eigenvalue weighted by Gasteiger charge is 2.11. The van der Waals surface area contributed by atoms with Crippen LogP contribution in [-0.4, -0.2) is 55.0 Å². The first-order valence-electron chi connectivity index (χ1n) is 6.67. The van der Waals surface area contributed by atoms with Gasteiger partial charge >= 0.3 is 5.97 Å². The van der Waals surface area contributed by atoms with Crippen molar-refractivity contribution in [1.29, 1.82) is 0 Å². The topological polar surface area (TPSA) is 111 Å². The fraction of sp³-hybridized carbons (Fsp3) is 0.846. The summed E-state index contributed by atoms with van der Waals surface area (Å²) in [6, 6.07) is 0. The molecule has 20 heavy (non-hydrogen) atoms. The van der Waals surface area contributed by atoms with Crippen LogP contribution in [0.15, 0.2) is 0 Å². The maximum Gasteiger partial charge on any atom is 0.329 e. The summed E-state index contributed by atoms with van der Waals surface area (Å²) in [7, 11) is 0. The summed E-state index contributed by atoms with van der Waals surface area (Å²) in [6.07, 6.45) is 1.47. The van der Waals surface area contributed by atoms with Crippen LogP contribution >= 0.6 is 0 Å². The van der Waals surface area contributed by atoms with E-state index in [0.29, 0.717) is 19.6 Å².